The van der Waals surface area contributed by atoms with Crippen molar-refractivity contribution in [2.24, 2.45) is 0 Å². The summed E-state index contributed by atoms with van der Waals surface area (Å²) in [6.07, 6.45) is 7.32. The fourth-order valence-corrected chi connectivity index (χ4v) is 0. The largest absolute Gasteiger partial charge is 0.121 e. The maximum atomic E-state index is 3.66. The lowest BCUT2D eigenvalue weighted by Crippen LogP contribution is -1.73. The Morgan fingerprint density at radius 3 is 1.25 bits per heavy atom. The van der Waals surface area contributed by atoms with Gasteiger partial charge in [0.05, 0.1) is 0 Å². The van der Waals surface area contributed by atoms with Gasteiger partial charge in [0, 0.05) is 0 Å². The van der Waals surface area contributed by atoms with E-state index in [9.17, 15) is 0 Å². The summed E-state index contributed by atoms with van der Waals surface area (Å²) in [6.45, 7) is 0. The average molecular weight is 86.2 g/mol. The Labute approximate surface area is 30.5 Å². The zero-order valence-corrected chi connectivity index (χ0v) is 4.88. The van der Waals surface area contributed by atoms with Gasteiger partial charge in [0.15, 0.2) is 0 Å². The molecule has 0 unspecified atom stereocenters. The zero-order valence-electron chi connectivity index (χ0n) is 2.57. The van der Waals surface area contributed by atoms with Crippen molar-refractivity contribution >= 4 is 29.6 Å². The minimum Gasteiger partial charge on any atom is -0.121 e. The van der Waals surface area contributed by atoms with Crippen molar-refractivity contribution in [2.75, 3.05) is 0 Å². The lowest BCUT2D eigenvalue weighted by molar-refractivity contribution is 4.16. The topological polar surface area (TPSA) is 0 Å². The molecule has 0 nitrogen and oxygen atoms in total. The van der Waals surface area contributed by atoms with E-state index in [2.05, 4.69) is 12.3 Å². The molecule has 0 aliphatic rings. The fraction of sp³-hybridized carbons (Fsp3) is 0. The van der Waals surface area contributed by atoms with Crippen molar-refractivity contribution < 1.29 is 0 Å². The van der Waals surface area contributed by atoms with E-state index in [0.29, 0.717) is 17.3 Å². The van der Waals surface area contributed by atoms with Gasteiger partial charge < -0.3 is 0 Å². The normalized spacial score (nSPS) is 5.00. The Morgan fingerprint density at radius 1 is 1.00 bits per heavy atom. The first kappa shape index (κ1) is 4.17. The van der Waals surface area contributed by atoms with Crippen LogP contribution >= 0.6 is 0 Å². The predicted octanol–water partition coefficient (Wildman–Crippen LogP) is -1.36. The third-order valence-corrected chi connectivity index (χ3v) is 1.50. The van der Waals surface area contributed by atoms with E-state index < -0.39 is 0 Å². The summed E-state index contributed by atoms with van der Waals surface area (Å²) in [5.41, 5.74) is 0. The van der Waals surface area contributed by atoms with Crippen LogP contribution in [0.3, 0.4) is 0 Å². The molecule has 0 aliphatic heterocycles. The molecule has 0 spiro atoms. The second-order valence-corrected chi connectivity index (χ2v) is 4.24. The number of rotatable bonds is 1. The van der Waals surface area contributed by atoms with E-state index in [1.54, 1.807) is 0 Å². The first-order chi connectivity index (χ1) is 1.91. The molecule has 0 atom stereocenters. The highest BCUT2D eigenvalue weighted by Gasteiger charge is 1.34. The molecule has 0 heterocycles. The van der Waals surface area contributed by atoms with Gasteiger partial charge in [-0.1, -0.05) is 0 Å². The van der Waals surface area contributed by atoms with Gasteiger partial charge in [-0.3, -0.25) is 0 Å². The van der Waals surface area contributed by atoms with Crippen molar-refractivity contribution in [2.45, 2.75) is 0 Å². The van der Waals surface area contributed by atoms with Gasteiger partial charge in [-0.25, -0.2) is 0 Å². The second kappa shape index (κ2) is 3.17. The first-order valence-corrected chi connectivity index (χ1v) is 5.45. The van der Waals surface area contributed by atoms with E-state index in [1.165, 1.54) is 0 Å². The molecule has 0 radical (unpaired) electrons. The van der Waals surface area contributed by atoms with E-state index in [0.717, 1.165) is 0 Å². The van der Waals surface area contributed by atoms with E-state index >= 15 is 0 Å². The molecule has 0 aromatic heterocycles. The molecule has 2 heteroatoms. The van der Waals surface area contributed by atoms with Crippen molar-refractivity contribution in [1.29, 1.82) is 0 Å². The van der Waals surface area contributed by atoms with Crippen LogP contribution in [0.25, 0.3) is 0 Å². The van der Waals surface area contributed by atoms with Crippen LogP contribution in [0.15, 0.2) is 0 Å². The van der Waals surface area contributed by atoms with E-state index in [1.807, 2.05) is 0 Å². The van der Waals surface area contributed by atoms with Crippen LogP contribution in [0.5, 0.6) is 0 Å². The standard InChI is InChI=1S/C2H6Si2/c1-3-4-2/h3-4H,1-2H2. The molecule has 0 aromatic rings. The highest BCUT2D eigenvalue weighted by molar-refractivity contribution is 7.01. The lowest BCUT2D eigenvalue weighted by Gasteiger charge is -1.40. The van der Waals surface area contributed by atoms with E-state index in [-0.39, 0.29) is 0 Å². The van der Waals surface area contributed by atoms with Crippen LogP contribution < -0.4 is 0 Å². The Hall–Kier alpha value is 0.174. The van der Waals surface area contributed by atoms with Crippen LogP contribution in [0.4, 0.5) is 0 Å². The molecule has 0 amide bonds. The maximum absolute atomic E-state index is 3.66. The average Bonchev–Trinajstić information content (AvgIpc) is 1.37. The summed E-state index contributed by atoms with van der Waals surface area (Å²) in [5, 5.41) is 0. The molecule has 0 saturated carbocycles. The fourth-order valence-electron chi connectivity index (χ4n) is 0. The third kappa shape index (κ3) is 2.17. The van der Waals surface area contributed by atoms with Crippen molar-refractivity contribution in [3.8, 4) is 0 Å². The van der Waals surface area contributed by atoms with Crippen LogP contribution in [0.2, 0.25) is 0 Å². The van der Waals surface area contributed by atoms with Crippen molar-refractivity contribution in [1.82, 2.24) is 0 Å². The molecule has 0 rings (SSSR count). The zero-order chi connectivity index (χ0) is 3.41. The molecular weight excluding hydrogens is 80.2 g/mol. The lowest BCUT2D eigenvalue weighted by atomic mass is 12.0. The Balaban J connectivity index is 2.73. The summed E-state index contributed by atoms with van der Waals surface area (Å²) < 4.78 is 0. The quantitative estimate of drug-likeness (QED) is 0.346. The molecule has 22 valence electrons. The minimum atomic E-state index is 0.505. The highest BCUT2D eigenvalue weighted by atomic mass is 29.1. The van der Waals surface area contributed by atoms with Crippen LogP contribution in [0, 0.1) is 0 Å². The summed E-state index contributed by atoms with van der Waals surface area (Å²) in [4.78, 5) is 0. The van der Waals surface area contributed by atoms with Gasteiger partial charge in [-0.05, 0) is 17.3 Å². The molecule has 4 heavy (non-hydrogen) atoms. The van der Waals surface area contributed by atoms with Crippen molar-refractivity contribution in [3.05, 3.63) is 0 Å². The molecule has 0 aliphatic carbocycles. The van der Waals surface area contributed by atoms with E-state index in [4.69, 9.17) is 0 Å². The van der Waals surface area contributed by atoms with Gasteiger partial charge in [-0.2, -0.15) is 0 Å². The predicted molar refractivity (Wildman–Crippen MR) is 28.5 cm³/mol. The van der Waals surface area contributed by atoms with Crippen LogP contribution in [0.1, 0.15) is 0 Å². The molecule has 0 aromatic carbocycles. The van der Waals surface area contributed by atoms with Gasteiger partial charge in [0.2, 0.25) is 0 Å². The summed E-state index contributed by atoms with van der Waals surface area (Å²) in [5.74, 6) is 0. The number of hydrogen-bond donors (Lipinski definition) is 0. The Bertz CT molecular complexity index is 25.0. The van der Waals surface area contributed by atoms with Crippen LogP contribution in [-0.2, 0) is 0 Å². The Kier molecular flexibility index (Phi) is 3.31. The first-order valence-electron chi connectivity index (χ1n) is 1.15. The maximum Gasteiger partial charge on any atom is -0.00906 e. The summed E-state index contributed by atoms with van der Waals surface area (Å²) in [7, 11) is 1.01. The van der Waals surface area contributed by atoms with Gasteiger partial charge in [0.1, 0.15) is 0 Å². The number of hydrogen-bond acceptors (Lipinski definition) is 0. The smallest absolute Gasteiger partial charge is 0.00906 e. The SMILES string of the molecule is C=[SiH][SiH]=C. The second-order valence-electron chi connectivity index (χ2n) is 0.471. The van der Waals surface area contributed by atoms with Gasteiger partial charge >= 0.3 is 0 Å². The summed E-state index contributed by atoms with van der Waals surface area (Å²) in [6, 6.07) is 0. The van der Waals surface area contributed by atoms with Gasteiger partial charge in [-0.15, -0.1) is 12.3 Å². The molecular formula is C2H6Si2. The Morgan fingerprint density at radius 2 is 1.25 bits per heavy atom. The molecule has 0 fully saturated rings. The summed E-state index contributed by atoms with van der Waals surface area (Å²) >= 11 is 0. The van der Waals surface area contributed by atoms with Gasteiger partial charge in [0.25, 0.3) is 0 Å². The molecule has 0 saturated heterocycles. The molecule has 0 N–H and O–H groups in total. The van der Waals surface area contributed by atoms with Crippen molar-refractivity contribution in [3.63, 3.8) is 0 Å². The minimum absolute atomic E-state index is 0.505. The third-order valence-electron chi connectivity index (χ3n) is 0.167. The molecule has 0 bridgehead atoms. The highest BCUT2D eigenvalue weighted by Crippen LogP contribution is 1.01. The van der Waals surface area contributed by atoms with Crippen LogP contribution in [-0.4, -0.2) is 29.6 Å². The monoisotopic (exact) mass is 86.0 g/mol.